The number of unbranched alkanes of at least 4 members (excludes halogenated alkanes) is 1. The number of aryl methyl sites for hydroxylation is 1. The van der Waals surface area contributed by atoms with Crippen LogP contribution in [0.2, 0.25) is 0 Å². The van der Waals surface area contributed by atoms with Crippen molar-refractivity contribution in [1.82, 2.24) is 25.0 Å². The Balaban J connectivity index is 2.06. The van der Waals surface area contributed by atoms with E-state index in [0.717, 1.165) is 42.6 Å². The minimum Gasteiger partial charge on any atom is -0.435 e. The third-order valence-corrected chi connectivity index (χ3v) is 4.30. The van der Waals surface area contributed by atoms with Crippen molar-refractivity contribution in [3.8, 4) is 5.75 Å². The Hall–Kier alpha value is -2.71. The first-order valence-electron chi connectivity index (χ1n) is 9.28. The fourth-order valence-electron chi connectivity index (χ4n) is 2.55. The Labute approximate surface area is 164 Å². The maximum Gasteiger partial charge on any atom is 0.387 e. The molecule has 1 N–H and O–H groups in total. The first-order valence-corrected chi connectivity index (χ1v) is 9.28. The van der Waals surface area contributed by atoms with Gasteiger partial charge in [-0.2, -0.15) is 8.78 Å². The smallest absolute Gasteiger partial charge is 0.387 e. The molecule has 0 unspecified atom stereocenters. The summed E-state index contributed by atoms with van der Waals surface area (Å²) in [5.41, 5.74) is 0.962. The zero-order valence-corrected chi connectivity index (χ0v) is 16.8. The molecule has 154 valence electrons. The quantitative estimate of drug-likeness (QED) is 0.402. The summed E-state index contributed by atoms with van der Waals surface area (Å²) in [6.07, 6.45) is 2.12. The maximum atomic E-state index is 12.3. The van der Waals surface area contributed by atoms with Crippen molar-refractivity contribution in [3.63, 3.8) is 0 Å². The monoisotopic (exact) mass is 394 g/mol. The van der Waals surface area contributed by atoms with Gasteiger partial charge in [0, 0.05) is 27.2 Å². The lowest BCUT2D eigenvalue weighted by molar-refractivity contribution is -0.0498. The first-order chi connectivity index (χ1) is 13.4. The molecule has 0 aliphatic rings. The van der Waals surface area contributed by atoms with E-state index in [9.17, 15) is 8.78 Å². The van der Waals surface area contributed by atoms with Crippen molar-refractivity contribution >= 4 is 5.96 Å². The third kappa shape index (κ3) is 6.47. The number of hydrogen-bond donors (Lipinski definition) is 1. The van der Waals surface area contributed by atoms with E-state index in [1.807, 2.05) is 30.5 Å². The SMILES string of the molecule is CCCCNC(=NCc1nnc(C)n1C)N(C)Cc1ccc(OC(F)F)cc1. The molecule has 0 radical (unpaired) electrons. The standard InChI is InChI=1S/C19H28F2N6O/c1-5-6-11-22-19(23-12-17-25-24-14(2)27(17)4)26(3)13-15-7-9-16(10-8-15)28-18(20)21/h7-10,18H,5-6,11-13H2,1-4H3,(H,22,23). The van der Waals surface area contributed by atoms with Gasteiger partial charge in [-0.15, -0.1) is 10.2 Å². The van der Waals surface area contributed by atoms with Crippen molar-refractivity contribution in [2.75, 3.05) is 13.6 Å². The van der Waals surface area contributed by atoms with Crippen molar-refractivity contribution in [3.05, 3.63) is 41.5 Å². The van der Waals surface area contributed by atoms with E-state index < -0.39 is 6.61 Å². The van der Waals surface area contributed by atoms with Crippen LogP contribution in [0.25, 0.3) is 0 Å². The molecule has 0 bridgehead atoms. The van der Waals surface area contributed by atoms with Crippen molar-refractivity contribution < 1.29 is 13.5 Å². The minimum absolute atomic E-state index is 0.147. The molecule has 9 heteroatoms. The summed E-state index contributed by atoms with van der Waals surface area (Å²) in [5.74, 6) is 2.52. The highest BCUT2D eigenvalue weighted by Gasteiger charge is 2.10. The predicted octanol–water partition coefficient (Wildman–Crippen LogP) is 3.10. The summed E-state index contributed by atoms with van der Waals surface area (Å²) >= 11 is 0. The number of hydrogen-bond acceptors (Lipinski definition) is 4. The van der Waals surface area contributed by atoms with E-state index in [1.54, 1.807) is 24.3 Å². The number of alkyl halides is 2. The van der Waals surface area contributed by atoms with Gasteiger partial charge < -0.3 is 19.5 Å². The van der Waals surface area contributed by atoms with Crippen LogP contribution < -0.4 is 10.1 Å². The predicted molar refractivity (Wildman–Crippen MR) is 104 cm³/mol. The van der Waals surface area contributed by atoms with Crippen LogP contribution in [-0.4, -0.2) is 45.8 Å². The Morgan fingerprint density at radius 1 is 1.29 bits per heavy atom. The molecule has 0 aliphatic carbocycles. The molecule has 1 aromatic heterocycles. The van der Waals surface area contributed by atoms with E-state index in [1.165, 1.54) is 0 Å². The van der Waals surface area contributed by atoms with Gasteiger partial charge in [-0.05, 0) is 31.0 Å². The summed E-state index contributed by atoms with van der Waals surface area (Å²) in [4.78, 5) is 6.67. The highest BCUT2D eigenvalue weighted by Crippen LogP contribution is 2.16. The molecule has 2 rings (SSSR count). The van der Waals surface area contributed by atoms with Crippen LogP contribution in [0.3, 0.4) is 0 Å². The fraction of sp³-hybridized carbons (Fsp3) is 0.526. The summed E-state index contributed by atoms with van der Waals surface area (Å²) < 4.78 is 30.8. The molecule has 2 aromatic rings. The number of nitrogens with zero attached hydrogens (tertiary/aromatic N) is 5. The Bertz CT molecular complexity index is 760. The van der Waals surface area contributed by atoms with Crippen LogP contribution >= 0.6 is 0 Å². The molecule has 1 heterocycles. The van der Waals surface area contributed by atoms with Gasteiger partial charge in [-0.25, -0.2) is 4.99 Å². The van der Waals surface area contributed by atoms with Crippen LogP contribution in [0.4, 0.5) is 8.78 Å². The molecule has 0 saturated carbocycles. The zero-order chi connectivity index (χ0) is 20.5. The number of ether oxygens (including phenoxy) is 1. The van der Waals surface area contributed by atoms with Crippen LogP contribution in [0.15, 0.2) is 29.3 Å². The third-order valence-electron chi connectivity index (χ3n) is 4.30. The molecule has 0 aliphatic heterocycles. The second-order valence-corrected chi connectivity index (χ2v) is 6.52. The molecule has 0 saturated heterocycles. The van der Waals surface area contributed by atoms with Gasteiger partial charge in [-0.1, -0.05) is 25.5 Å². The van der Waals surface area contributed by atoms with Crippen LogP contribution in [0.5, 0.6) is 5.75 Å². The lowest BCUT2D eigenvalue weighted by Gasteiger charge is -2.23. The number of nitrogens with one attached hydrogen (secondary N) is 1. The van der Waals surface area contributed by atoms with E-state index in [-0.39, 0.29) is 5.75 Å². The van der Waals surface area contributed by atoms with Gasteiger partial charge in [0.25, 0.3) is 0 Å². The normalized spacial score (nSPS) is 11.8. The second kappa shape index (κ2) is 10.6. The first kappa shape index (κ1) is 21.6. The molecule has 28 heavy (non-hydrogen) atoms. The summed E-state index contributed by atoms with van der Waals surface area (Å²) in [6.45, 7) is 3.02. The number of benzene rings is 1. The van der Waals surface area contributed by atoms with Crippen LogP contribution in [0, 0.1) is 6.92 Å². The molecular weight excluding hydrogens is 366 g/mol. The number of aliphatic imine (C=N–C) groups is 1. The topological polar surface area (TPSA) is 67.6 Å². The summed E-state index contributed by atoms with van der Waals surface area (Å²) in [6, 6.07) is 6.62. The van der Waals surface area contributed by atoms with Gasteiger partial charge in [0.2, 0.25) is 0 Å². The maximum absolute atomic E-state index is 12.3. The molecule has 0 fully saturated rings. The highest BCUT2D eigenvalue weighted by molar-refractivity contribution is 5.79. The Morgan fingerprint density at radius 3 is 2.57 bits per heavy atom. The molecule has 0 spiro atoms. The van der Waals surface area contributed by atoms with Crippen molar-refractivity contribution in [1.29, 1.82) is 0 Å². The minimum atomic E-state index is -2.82. The van der Waals surface area contributed by atoms with Crippen molar-refractivity contribution in [2.45, 2.75) is 46.4 Å². The Morgan fingerprint density at radius 2 is 2.00 bits per heavy atom. The average Bonchev–Trinajstić information content (AvgIpc) is 2.97. The van der Waals surface area contributed by atoms with Crippen LogP contribution in [0.1, 0.15) is 37.0 Å². The highest BCUT2D eigenvalue weighted by atomic mass is 19.3. The number of aromatic nitrogens is 3. The fourth-order valence-corrected chi connectivity index (χ4v) is 2.55. The largest absolute Gasteiger partial charge is 0.435 e. The zero-order valence-electron chi connectivity index (χ0n) is 16.8. The lowest BCUT2D eigenvalue weighted by atomic mass is 10.2. The molecular formula is C19H28F2N6O. The Kier molecular flexibility index (Phi) is 8.16. The van der Waals surface area contributed by atoms with Gasteiger partial charge >= 0.3 is 6.61 Å². The van der Waals surface area contributed by atoms with Gasteiger partial charge in [0.1, 0.15) is 18.1 Å². The molecule has 7 nitrogen and oxygen atoms in total. The van der Waals surface area contributed by atoms with E-state index in [2.05, 4.69) is 32.2 Å². The van der Waals surface area contributed by atoms with Gasteiger partial charge in [-0.3, -0.25) is 0 Å². The second-order valence-electron chi connectivity index (χ2n) is 6.52. The number of rotatable bonds is 9. The summed E-state index contributed by atoms with van der Waals surface area (Å²) in [7, 11) is 3.85. The van der Waals surface area contributed by atoms with E-state index in [4.69, 9.17) is 0 Å². The van der Waals surface area contributed by atoms with Gasteiger partial charge in [0.15, 0.2) is 11.8 Å². The average molecular weight is 394 g/mol. The lowest BCUT2D eigenvalue weighted by Crippen LogP contribution is -2.39. The van der Waals surface area contributed by atoms with E-state index >= 15 is 0 Å². The number of guanidine groups is 1. The molecule has 1 aromatic carbocycles. The van der Waals surface area contributed by atoms with Crippen LogP contribution in [-0.2, 0) is 20.1 Å². The molecule has 0 amide bonds. The number of halogens is 2. The van der Waals surface area contributed by atoms with Gasteiger partial charge in [0.05, 0.1) is 0 Å². The van der Waals surface area contributed by atoms with Crippen molar-refractivity contribution in [2.24, 2.45) is 12.0 Å². The molecule has 0 atom stereocenters. The van der Waals surface area contributed by atoms with E-state index in [0.29, 0.717) is 13.1 Å². The summed E-state index contributed by atoms with van der Waals surface area (Å²) in [5, 5.41) is 11.6.